The van der Waals surface area contributed by atoms with Crippen molar-refractivity contribution in [3.63, 3.8) is 0 Å². The molecule has 5 heteroatoms. The van der Waals surface area contributed by atoms with Crippen molar-refractivity contribution >= 4 is 0 Å². The van der Waals surface area contributed by atoms with Crippen molar-refractivity contribution in [1.82, 2.24) is 9.55 Å². The minimum absolute atomic E-state index is 0.152. The Labute approximate surface area is 188 Å². The molecule has 0 N–H and O–H groups in total. The SMILES string of the molecule is CCCCOc1ccc(CCC2(Cn3ccnc3)OCC(CCC)(CCC)CO2)cc1. The third-order valence-electron chi connectivity index (χ3n) is 6.31. The lowest BCUT2D eigenvalue weighted by Gasteiger charge is -2.47. The number of hydrogen-bond acceptors (Lipinski definition) is 4. The van der Waals surface area contributed by atoms with Crippen LogP contribution in [-0.2, 0) is 22.4 Å². The molecule has 1 aromatic heterocycles. The molecule has 0 aliphatic carbocycles. The average Bonchev–Trinajstić information content (AvgIpc) is 3.29. The van der Waals surface area contributed by atoms with Crippen LogP contribution in [0.4, 0.5) is 0 Å². The summed E-state index contributed by atoms with van der Waals surface area (Å²) in [5.41, 5.74) is 1.43. The number of aromatic nitrogens is 2. The van der Waals surface area contributed by atoms with Gasteiger partial charge < -0.3 is 18.8 Å². The van der Waals surface area contributed by atoms with E-state index in [1.807, 2.05) is 18.7 Å². The standard InChI is InChI=1S/C26H40N2O3/c1-4-7-18-29-24-10-8-23(9-11-24)12-15-26(19-28-17-16-27-22-28)30-20-25(13-5-2,14-6-3)21-31-26/h8-11,16-17,22H,4-7,12-15,18-21H2,1-3H3. The summed E-state index contributed by atoms with van der Waals surface area (Å²) in [6.07, 6.45) is 14.2. The Morgan fingerprint density at radius 2 is 1.68 bits per heavy atom. The van der Waals surface area contributed by atoms with E-state index in [9.17, 15) is 0 Å². The lowest BCUT2D eigenvalue weighted by Crippen LogP contribution is -2.52. The number of aryl methyl sites for hydroxylation is 1. The van der Waals surface area contributed by atoms with Crippen molar-refractivity contribution in [2.75, 3.05) is 19.8 Å². The molecule has 3 rings (SSSR count). The Bertz CT molecular complexity index is 727. The molecule has 0 radical (unpaired) electrons. The second kappa shape index (κ2) is 11.7. The van der Waals surface area contributed by atoms with Gasteiger partial charge in [0.25, 0.3) is 0 Å². The molecular formula is C26H40N2O3. The number of nitrogens with zero attached hydrogens (tertiary/aromatic N) is 2. The second-order valence-electron chi connectivity index (χ2n) is 9.07. The first-order chi connectivity index (χ1) is 15.1. The van der Waals surface area contributed by atoms with E-state index < -0.39 is 5.79 Å². The minimum Gasteiger partial charge on any atom is -0.494 e. The van der Waals surface area contributed by atoms with Crippen LogP contribution in [0.2, 0.25) is 0 Å². The molecule has 0 bridgehead atoms. The van der Waals surface area contributed by atoms with E-state index in [4.69, 9.17) is 14.2 Å². The number of imidazole rings is 1. The monoisotopic (exact) mass is 428 g/mol. The van der Waals surface area contributed by atoms with Gasteiger partial charge in [0.05, 0.1) is 32.7 Å². The van der Waals surface area contributed by atoms with Crippen LogP contribution >= 0.6 is 0 Å². The third-order valence-corrected chi connectivity index (χ3v) is 6.31. The Morgan fingerprint density at radius 1 is 0.968 bits per heavy atom. The summed E-state index contributed by atoms with van der Waals surface area (Å²) in [7, 11) is 0. The highest BCUT2D eigenvalue weighted by Crippen LogP contribution is 2.40. The molecule has 1 saturated heterocycles. The zero-order valence-corrected chi connectivity index (χ0v) is 19.6. The Hall–Kier alpha value is -1.85. The van der Waals surface area contributed by atoms with Gasteiger partial charge in [-0.25, -0.2) is 4.98 Å². The lowest BCUT2D eigenvalue weighted by molar-refractivity contribution is -0.314. The van der Waals surface area contributed by atoms with Crippen LogP contribution in [0.5, 0.6) is 5.75 Å². The summed E-state index contributed by atoms with van der Waals surface area (Å²) in [5.74, 6) is 0.335. The number of rotatable bonds is 13. The molecule has 1 aliphatic rings. The molecule has 1 fully saturated rings. The number of benzene rings is 1. The maximum Gasteiger partial charge on any atom is 0.186 e. The second-order valence-corrected chi connectivity index (χ2v) is 9.07. The predicted octanol–water partition coefficient (Wildman–Crippen LogP) is 6.02. The maximum absolute atomic E-state index is 6.58. The molecule has 0 saturated carbocycles. The Kier molecular flexibility index (Phi) is 8.97. The summed E-state index contributed by atoms with van der Waals surface area (Å²) >= 11 is 0. The molecule has 0 atom stereocenters. The van der Waals surface area contributed by atoms with Crippen LogP contribution in [0.1, 0.15) is 71.3 Å². The Balaban J connectivity index is 1.64. The van der Waals surface area contributed by atoms with Gasteiger partial charge in [-0.1, -0.05) is 52.2 Å². The van der Waals surface area contributed by atoms with Crippen LogP contribution in [0.15, 0.2) is 43.0 Å². The summed E-state index contributed by atoms with van der Waals surface area (Å²) in [4.78, 5) is 4.20. The highest BCUT2D eigenvalue weighted by molar-refractivity contribution is 5.27. The maximum atomic E-state index is 6.58. The van der Waals surface area contributed by atoms with Gasteiger partial charge in [0.1, 0.15) is 5.75 Å². The van der Waals surface area contributed by atoms with Crippen LogP contribution < -0.4 is 4.74 Å². The third kappa shape index (κ3) is 6.81. The van der Waals surface area contributed by atoms with Crippen LogP contribution in [0.3, 0.4) is 0 Å². The van der Waals surface area contributed by atoms with Crippen molar-refractivity contribution in [2.45, 2.75) is 84.5 Å². The van der Waals surface area contributed by atoms with E-state index in [1.165, 1.54) is 5.56 Å². The van der Waals surface area contributed by atoms with E-state index in [2.05, 4.69) is 54.6 Å². The zero-order valence-electron chi connectivity index (χ0n) is 19.6. The average molecular weight is 429 g/mol. The number of ether oxygens (including phenoxy) is 3. The lowest BCUT2D eigenvalue weighted by atomic mass is 9.79. The van der Waals surface area contributed by atoms with Gasteiger partial charge in [-0.05, 0) is 43.4 Å². The molecule has 31 heavy (non-hydrogen) atoms. The summed E-state index contributed by atoms with van der Waals surface area (Å²) in [6, 6.07) is 8.47. The van der Waals surface area contributed by atoms with E-state index in [1.54, 1.807) is 0 Å². The summed E-state index contributed by atoms with van der Waals surface area (Å²) in [6.45, 7) is 9.67. The zero-order chi connectivity index (χ0) is 22.0. The van der Waals surface area contributed by atoms with E-state index in [-0.39, 0.29) is 5.41 Å². The minimum atomic E-state index is -0.609. The first-order valence-corrected chi connectivity index (χ1v) is 12.1. The molecule has 2 aromatic rings. The molecule has 0 unspecified atom stereocenters. The van der Waals surface area contributed by atoms with Gasteiger partial charge in [-0.15, -0.1) is 0 Å². The van der Waals surface area contributed by atoms with Gasteiger partial charge in [-0.3, -0.25) is 0 Å². The summed E-state index contributed by atoms with van der Waals surface area (Å²) < 4.78 is 21.0. The quantitative estimate of drug-likeness (QED) is 0.366. The largest absolute Gasteiger partial charge is 0.494 e. The number of unbranched alkanes of at least 4 members (excludes halogenated alkanes) is 1. The molecule has 172 valence electrons. The first kappa shape index (κ1) is 23.8. The fourth-order valence-electron chi connectivity index (χ4n) is 4.52. The van der Waals surface area contributed by atoms with Crippen molar-refractivity contribution in [2.24, 2.45) is 5.41 Å². The highest BCUT2D eigenvalue weighted by atomic mass is 16.7. The van der Waals surface area contributed by atoms with Gasteiger partial charge in [0.15, 0.2) is 5.79 Å². The van der Waals surface area contributed by atoms with E-state index in [0.717, 1.165) is 76.9 Å². The van der Waals surface area contributed by atoms with Crippen molar-refractivity contribution in [3.05, 3.63) is 48.5 Å². The van der Waals surface area contributed by atoms with Gasteiger partial charge in [0, 0.05) is 24.2 Å². The van der Waals surface area contributed by atoms with E-state index in [0.29, 0.717) is 6.54 Å². The van der Waals surface area contributed by atoms with Gasteiger partial charge in [0.2, 0.25) is 0 Å². The smallest absolute Gasteiger partial charge is 0.186 e. The topological polar surface area (TPSA) is 45.5 Å². The fourth-order valence-corrected chi connectivity index (χ4v) is 4.52. The van der Waals surface area contributed by atoms with Crippen molar-refractivity contribution in [1.29, 1.82) is 0 Å². The van der Waals surface area contributed by atoms with Crippen LogP contribution in [0, 0.1) is 5.41 Å². The molecule has 1 aromatic carbocycles. The van der Waals surface area contributed by atoms with E-state index >= 15 is 0 Å². The molecule has 0 amide bonds. The predicted molar refractivity (Wildman–Crippen MR) is 124 cm³/mol. The normalized spacial score (nSPS) is 17.5. The van der Waals surface area contributed by atoms with Crippen molar-refractivity contribution < 1.29 is 14.2 Å². The molecule has 1 aliphatic heterocycles. The Morgan fingerprint density at radius 3 is 2.26 bits per heavy atom. The van der Waals surface area contributed by atoms with Gasteiger partial charge >= 0.3 is 0 Å². The molecule has 0 spiro atoms. The fraction of sp³-hybridized carbons (Fsp3) is 0.654. The molecular weight excluding hydrogens is 388 g/mol. The van der Waals surface area contributed by atoms with Crippen LogP contribution in [-0.4, -0.2) is 35.2 Å². The molecule has 2 heterocycles. The van der Waals surface area contributed by atoms with Gasteiger partial charge in [-0.2, -0.15) is 0 Å². The van der Waals surface area contributed by atoms with Crippen molar-refractivity contribution in [3.8, 4) is 5.75 Å². The first-order valence-electron chi connectivity index (χ1n) is 12.1. The highest BCUT2D eigenvalue weighted by Gasteiger charge is 2.44. The summed E-state index contributed by atoms with van der Waals surface area (Å²) in [5, 5.41) is 0. The number of hydrogen-bond donors (Lipinski definition) is 0. The van der Waals surface area contributed by atoms with Crippen LogP contribution in [0.25, 0.3) is 0 Å². The molecule has 5 nitrogen and oxygen atoms in total.